The van der Waals surface area contributed by atoms with Gasteiger partial charge in [0.05, 0.1) is 18.2 Å². The van der Waals surface area contributed by atoms with Crippen molar-refractivity contribution in [1.29, 1.82) is 0 Å². The summed E-state index contributed by atoms with van der Waals surface area (Å²) < 4.78 is 26.4. The summed E-state index contributed by atoms with van der Waals surface area (Å²) in [5, 5.41) is 3.29. The van der Waals surface area contributed by atoms with E-state index in [2.05, 4.69) is 5.32 Å². The second kappa shape index (κ2) is 9.12. The number of hydrogen-bond acceptors (Lipinski definition) is 4. The Morgan fingerprint density at radius 2 is 1.91 bits per heavy atom. The number of ether oxygens (including phenoxy) is 1. The monoisotopic (exact) mass is 459 g/mol. The van der Waals surface area contributed by atoms with E-state index < -0.39 is 12.2 Å². The molecule has 2 aliphatic heterocycles. The molecule has 180 valence electrons. The van der Waals surface area contributed by atoms with E-state index in [0.29, 0.717) is 36.5 Å². The zero-order valence-electron chi connectivity index (χ0n) is 19.4. The predicted octanol–water partition coefficient (Wildman–Crippen LogP) is 4.33. The van der Waals surface area contributed by atoms with E-state index in [1.54, 1.807) is 17.0 Å². The predicted molar refractivity (Wildman–Crippen MR) is 122 cm³/mol. The second-order valence-corrected chi connectivity index (χ2v) is 10.1. The third-order valence-electron chi connectivity index (χ3n) is 7.64. The van der Waals surface area contributed by atoms with E-state index in [9.17, 15) is 14.0 Å². The van der Waals surface area contributed by atoms with Crippen molar-refractivity contribution in [3.8, 4) is 0 Å². The first-order chi connectivity index (χ1) is 16.0. The third kappa shape index (κ3) is 4.18. The Kier molecular flexibility index (Phi) is 6.20. The maximum Gasteiger partial charge on any atom is 0.271 e. The van der Waals surface area contributed by atoms with Gasteiger partial charge in [-0.25, -0.2) is 4.39 Å². The molecule has 1 aliphatic carbocycles. The van der Waals surface area contributed by atoms with Crippen molar-refractivity contribution in [3.05, 3.63) is 23.6 Å². The summed E-state index contributed by atoms with van der Waals surface area (Å²) in [6, 6.07) is 3.44. The normalized spacial score (nSPS) is 26.9. The van der Waals surface area contributed by atoms with Crippen LogP contribution in [0.15, 0.2) is 16.5 Å². The van der Waals surface area contributed by atoms with Gasteiger partial charge in [-0.15, -0.1) is 0 Å². The highest BCUT2D eigenvalue weighted by atomic mass is 19.1. The zero-order valence-corrected chi connectivity index (χ0v) is 19.4. The number of carbonyl (C=O) groups excluding carboxylic acids is 2. The first-order valence-corrected chi connectivity index (χ1v) is 12.4. The molecule has 33 heavy (non-hydrogen) atoms. The molecule has 2 unspecified atom stereocenters. The van der Waals surface area contributed by atoms with Crippen LogP contribution in [0.25, 0.3) is 11.1 Å². The van der Waals surface area contributed by atoms with Crippen molar-refractivity contribution in [2.45, 2.75) is 95.6 Å². The lowest BCUT2D eigenvalue weighted by molar-refractivity contribution is -0.134. The van der Waals surface area contributed by atoms with Crippen molar-refractivity contribution in [1.82, 2.24) is 14.8 Å². The highest BCUT2D eigenvalue weighted by Crippen LogP contribution is 2.35. The number of halogens is 1. The number of rotatable bonds is 5. The van der Waals surface area contributed by atoms with Crippen LogP contribution in [0.3, 0.4) is 0 Å². The molecule has 2 fully saturated rings. The molecule has 0 radical (unpaired) electrons. The van der Waals surface area contributed by atoms with Crippen LogP contribution in [0.4, 0.5) is 4.39 Å². The van der Waals surface area contributed by atoms with Crippen molar-refractivity contribution in [3.63, 3.8) is 0 Å². The van der Waals surface area contributed by atoms with Crippen LogP contribution in [0.2, 0.25) is 0 Å². The molecular formula is C25H34FN3O4. The fourth-order valence-corrected chi connectivity index (χ4v) is 5.67. The highest BCUT2D eigenvalue weighted by Gasteiger charge is 2.49. The summed E-state index contributed by atoms with van der Waals surface area (Å²) in [5.74, 6) is -0.105. The number of furan rings is 1. The Balaban J connectivity index is 1.47. The molecule has 1 saturated heterocycles. The largest absolute Gasteiger partial charge is 0.457 e. The molecule has 1 saturated carbocycles. The lowest BCUT2D eigenvalue weighted by atomic mass is 9.91. The van der Waals surface area contributed by atoms with Crippen LogP contribution < -0.4 is 5.32 Å². The van der Waals surface area contributed by atoms with Crippen molar-refractivity contribution in [2.24, 2.45) is 0 Å². The number of amides is 2. The van der Waals surface area contributed by atoms with Crippen LogP contribution in [-0.4, -0.2) is 52.1 Å². The minimum atomic E-state index is -1.07. The fourth-order valence-electron chi connectivity index (χ4n) is 5.67. The van der Waals surface area contributed by atoms with Crippen molar-refractivity contribution < 1.29 is 23.1 Å². The Morgan fingerprint density at radius 3 is 2.61 bits per heavy atom. The summed E-state index contributed by atoms with van der Waals surface area (Å²) in [6.07, 6.45) is 9.63. The fraction of sp³-hybridized carbons (Fsp3) is 0.680. The smallest absolute Gasteiger partial charge is 0.271 e. The van der Waals surface area contributed by atoms with Crippen LogP contribution in [0.1, 0.15) is 81.0 Å². The number of nitrogens with zero attached hydrogens (tertiary/aromatic N) is 2. The number of fused-ring (bicyclic) bond motifs is 3. The molecule has 2 atom stereocenters. The molecule has 0 bridgehead atoms. The molecule has 4 heterocycles. The van der Waals surface area contributed by atoms with Crippen LogP contribution in [0.5, 0.6) is 0 Å². The van der Waals surface area contributed by atoms with Gasteiger partial charge in [-0.3, -0.25) is 9.59 Å². The van der Waals surface area contributed by atoms with E-state index in [1.807, 2.05) is 11.5 Å². The van der Waals surface area contributed by atoms with Crippen molar-refractivity contribution >= 4 is 22.9 Å². The van der Waals surface area contributed by atoms with Gasteiger partial charge in [0.2, 0.25) is 5.91 Å². The Hall–Kier alpha value is -2.35. The molecular weight excluding hydrogens is 425 g/mol. The van der Waals surface area contributed by atoms with Crippen LogP contribution >= 0.6 is 0 Å². The summed E-state index contributed by atoms with van der Waals surface area (Å²) in [5.41, 5.74) is 0.543. The van der Waals surface area contributed by atoms with E-state index in [-0.39, 0.29) is 29.7 Å². The number of alkyl halides is 1. The van der Waals surface area contributed by atoms with Gasteiger partial charge >= 0.3 is 0 Å². The maximum absolute atomic E-state index is 13.8. The molecule has 0 spiro atoms. The minimum Gasteiger partial charge on any atom is -0.457 e. The summed E-state index contributed by atoms with van der Waals surface area (Å²) in [6.45, 7) is 2.52. The molecule has 0 aromatic carbocycles. The molecule has 5 rings (SSSR count). The Bertz CT molecular complexity index is 1020. The molecule has 2 aromatic heterocycles. The first kappa shape index (κ1) is 22.4. The van der Waals surface area contributed by atoms with Gasteiger partial charge in [0.25, 0.3) is 5.91 Å². The quantitative estimate of drug-likeness (QED) is 0.722. The van der Waals surface area contributed by atoms with E-state index in [1.165, 1.54) is 19.3 Å². The number of carbonyl (C=O) groups is 2. The summed E-state index contributed by atoms with van der Waals surface area (Å²) in [4.78, 5) is 29.2. The second-order valence-electron chi connectivity index (χ2n) is 10.1. The maximum atomic E-state index is 13.8. The van der Waals surface area contributed by atoms with Gasteiger partial charge in [-0.05, 0) is 32.6 Å². The lowest BCUT2D eigenvalue weighted by Crippen LogP contribution is -2.66. The average molecular weight is 460 g/mol. The van der Waals surface area contributed by atoms with E-state index in [4.69, 9.17) is 9.15 Å². The standard InChI is InChI=1S/C25H34FN3O4/c1-25(24(31)27-17-8-5-3-2-4-6-9-17)16-28-20-12-19(14-26)33-22(20)13-21(28)23(30)29(25)15-18-10-7-11-32-18/h12-13,17-18H,2-11,14-16H2,1H3,(H,27,31). The molecule has 3 aliphatic rings. The van der Waals surface area contributed by atoms with Crippen molar-refractivity contribution in [2.75, 3.05) is 13.2 Å². The van der Waals surface area contributed by atoms with E-state index >= 15 is 0 Å². The van der Waals surface area contributed by atoms with Crippen LogP contribution in [0, 0.1) is 0 Å². The molecule has 8 heteroatoms. The number of hydrogen-bond donors (Lipinski definition) is 1. The highest BCUT2D eigenvalue weighted by molar-refractivity contribution is 6.03. The summed E-state index contributed by atoms with van der Waals surface area (Å²) in [7, 11) is 0. The Morgan fingerprint density at radius 1 is 1.15 bits per heavy atom. The van der Waals surface area contributed by atoms with Gasteiger partial charge in [-0.1, -0.05) is 32.1 Å². The molecule has 2 amide bonds. The number of nitrogens with one attached hydrogen (secondary N) is 1. The van der Waals surface area contributed by atoms with Gasteiger partial charge in [-0.2, -0.15) is 0 Å². The minimum absolute atomic E-state index is 0.0647. The molecule has 2 aromatic rings. The molecule has 1 N–H and O–H groups in total. The third-order valence-corrected chi connectivity index (χ3v) is 7.64. The van der Waals surface area contributed by atoms with Gasteiger partial charge in [0.1, 0.15) is 23.7 Å². The van der Waals surface area contributed by atoms with Crippen LogP contribution in [-0.2, 0) is 22.8 Å². The zero-order chi connectivity index (χ0) is 23.0. The summed E-state index contributed by atoms with van der Waals surface area (Å²) >= 11 is 0. The van der Waals surface area contributed by atoms with E-state index in [0.717, 1.165) is 38.5 Å². The van der Waals surface area contributed by atoms with Gasteiger partial charge < -0.3 is 23.9 Å². The topological polar surface area (TPSA) is 76.7 Å². The number of aromatic nitrogens is 1. The van der Waals surface area contributed by atoms with Gasteiger partial charge in [0, 0.05) is 31.3 Å². The Labute approximate surface area is 193 Å². The first-order valence-electron chi connectivity index (χ1n) is 12.4. The van der Waals surface area contributed by atoms with Gasteiger partial charge in [0.15, 0.2) is 5.58 Å². The molecule has 7 nitrogen and oxygen atoms in total. The lowest BCUT2D eigenvalue weighted by Gasteiger charge is -2.45. The SMILES string of the molecule is CC1(C(=O)NC2CCCCCCC2)Cn2c(cc3oc(CF)cc32)C(=O)N1CC1CCCO1. The average Bonchev–Trinajstić information content (AvgIpc) is 3.50.